The molecule has 0 atom stereocenters. The number of fused-ring (bicyclic) bond motifs is 1. The molecule has 1 aromatic rings. The Kier molecular flexibility index (Phi) is 1.78. The lowest BCUT2D eigenvalue weighted by molar-refractivity contribution is 0.474. The summed E-state index contributed by atoms with van der Waals surface area (Å²) >= 11 is 0. The van der Waals surface area contributed by atoms with Crippen LogP contribution >= 0.6 is 0 Å². The van der Waals surface area contributed by atoms with Crippen LogP contribution in [0.2, 0.25) is 0 Å². The van der Waals surface area contributed by atoms with Crippen LogP contribution in [0.25, 0.3) is 6.08 Å². The standard InChI is InChI=1S/C9H9NO3S/c1-10-8-3-2-4-9(11)7(8)5-6-14(10,12)13/h2-6,11H,1H3. The van der Waals surface area contributed by atoms with Crippen LogP contribution in [-0.4, -0.2) is 20.6 Å². The fourth-order valence-corrected chi connectivity index (χ4v) is 2.29. The third kappa shape index (κ3) is 1.17. The fourth-order valence-electron chi connectivity index (χ4n) is 1.37. The van der Waals surface area contributed by atoms with E-state index < -0.39 is 10.0 Å². The summed E-state index contributed by atoms with van der Waals surface area (Å²) in [5.74, 6) is 0.0838. The molecule has 0 fully saturated rings. The topological polar surface area (TPSA) is 57.6 Å². The smallest absolute Gasteiger partial charge is 0.257 e. The van der Waals surface area contributed by atoms with Gasteiger partial charge >= 0.3 is 0 Å². The second-order valence-electron chi connectivity index (χ2n) is 3.03. The summed E-state index contributed by atoms with van der Waals surface area (Å²) in [4.78, 5) is 0. The first-order valence-corrected chi connectivity index (χ1v) is 5.52. The van der Waals surface area contributed by atoms with Gasteiger partial charge in [0.05, 0.1) is 11.1 Å². The number of aromatic hydroxyl groups is 1. The highest BCUT2D eigenvalue weighted by Gasteiger charge is 2.22. The third-order valence-electron chi connectivity index (χ3n) is 2.19. The van der Waals surface area contributed by atoms with E-state index in [4.69, 9.17) is 0 Å². The SMILES string of the molecule is CN1c2cccc(O)c2C=CS1(=O)=O. The van der Waals surface area contributed by atoms with Crippen molar-refractivity contribution in [1.82, 2.24) is 0 Å². The van der Waals surface area contributed by atoms with Crippen molar-refractivity contribution in [2.45, 2.75) is 0 Å². The van der Waals surface area contributed by atoms with Crippen molar-refractivity contribution in [1.29, 1.82) is 0 Å². The van der Waals surface area contributed by atoms with Gasteiger partial charge in [-0.25, -0.2) is 8.42 Å². The van der Waals surface area contributed by atoms with Crippen molar-refractivity contribution in [2.24, 2.45) is 0 Å². The average Bonchev–Trinajstić information content (AvgIpc) is 2.13. The van der Waals surface area contributed by atoms with Crippen LogP contribution in [0.3, 0.4) is 0 Å². The zero-order valence-corrected chi connectivity index (χ0v) is 8.32. The van der Waals surface area contributed by atoms with Gasteiger partial charge in [-0.15, -0.1) is 0 Å². The van der Waals surface area contributed by atoms with Gasteiger partial charge in [0, 0.05) is 12.6 Å². The number of hydrogen-bond donors (Lipinski definition) is 1. The molecule has 0 radical (unpaired) electrons. The van der Waals surface area contributed by atoms with Crippen molar-refractivity contribution >= 4 is 21.8 Å². The lowest BCUT2D eigenvalue weighted by atomic mass is 10.1. The van der Waals surface area contributed by atoms with Crippen LogP contribution in [0.15, 0.2) is 23.6 Å². The van der Waals surface area contributed by atoms with E-state index >= 15 is 0 Å². The maximum absolute atomic E-state index is 11.4. The van der Waals surface area contributed by atoms with E-state index in [1.54, 1.807) is 12.1 Å². The van der Waals surface area contributed by atoms with Crippen LogP contribution in [0, 0.1) is 0 Å². The Morgan fingerprint density at radius 2 is 2.07 bits per heavy atom. The Bertz CT molecular complexity index is 505. The molecule has 14 heavy (non-hydrogen) atoms. The van der Waals surface area contributed by atoms with Gasteiger partial charge in [0.1, 0.15) is 5.75 Å². The van der Waals surface area contributed by atoms with Gasteiger partial charge in [-0.1, -0.05) is 6.07 Å². The first-order valence-electron chi connectivity index (χ1n) is 4.01. The molecule has 0 saturated heterocycles. The molecule has 0 aliphatic carbocycles. The van der Waals surface area contributed by atoms with Gasteiger partial charge in [0.2, 0.25) is 0 Å². The number of rotatable bonds is 0. The summed E-state index contributed by atoms with van der Waals surface area (Å²) in [6.45, 7) is 0. The minimum absolute atomic E-state index is 0.0838. The molecule has 0 unspecified atom stereocenters. The summed E-state index contributed by atoms with van der Waals surface area (Å²) in [5.41, 5.74) is 1.03. The number of phenols is 1. The maximum atomic E-state index is 11.4. The second kappa shape index (κ2) is 2.75. The molecule has 74 valence electrons. The minimum atomic E-state index is -3.35. The monoisotopic (exact) mass is 211 g/mol. The van der Waals surface area contributed by atoms with Crippen LogP contribution in [0.4, 0.5) is 5.69 Å². The van der Waals surface area contributed by atoms with Crippen molar-refractivity contribution in [3.8, 4) is 5.75 Å². The molecule has 4 nitrogen and oxygen atoms in total. The largest absolute Gasteiger partial charge is 0.507 e. The number of sulfonamides is 1. The first-order chi connectivity index (χ1) is 6.52. The second-order valence-corrected chi connectivity index (χ2v) is 4.87. The Morgan fingerprint density at radius 3 is 2.79 bits per heavy atom. The van der Waals surface area contributed by atoms with Crippen molar-refractivity contribution in [3.63, 3.8) is 0 Å². The highest BCUT2D eigenvalue weighted by molar-refractivity contribution is 7.95. The quantitative estimate of drug-likeness (QED) is 0.700. The Hall–Kier alpha value is -1.49. The van der Waals surface area contributed by atoms with Crippen LogP contribution in [0.1, 0.15) is 5.56 Å². The molecule has 0 saturated carbocycles. The van der Waals surface area contributed by atoms with Crippen LogP contribution < -0.4 is 4.31 Å². The van der Waals surface area contributed by atoms with E-state index in [-0.39, 0.29) is 5.75 Å². The van der Waals surface area contributed by atoms with E-state index in [2.05, 4.69) is 0 Å². The molecule has 1 aromatic carbocycles. The molecule has 1 aliphatic rings. The summed E-state index contributed by atoms with van der Waals surface area (Å²) in [6, 6.07) is 4.78. The average molecular weight is 211 g/mol. The number of benzene rings is 1. The third-order valence-corrected chi connectivity index (χ3v) is 3.63. The Labute approximate surface area is 82.1 Å². The van der Waals surface area contributed by atoms with Crippen LogP contribution in [0.5, 0.6) is 5.75 Å². The summed E-state index contributed by atoms with van der Waals surface area (Å²) < 4.78 is 24.0. The molecule has 1 N–H and O–H groups in total. The summed E-state index contributed by atoms with van der Waals surface area (Å²) in [6.07, 6.45) is 1.40. The molecule has 1 aliphatic heterocycles. The number of anilines is 1. The molecular formula is C9H9NO3S. The molecule has 0 spiro atoms. The molecular weight excluding hydrogens is 202 g/mol. The zero-order valence-electron chi connectivity index (χ0n) is 7.51. The van der Waals surface area contributed by atoms with E-state index in [0.717, 1.165) is 9.71 Å². The van der Waals surface area contributed by atoms with E-state index in [1.165, 1.54) is 19.2 Å². The summed E-state index contributed by atoms with van der Waals surface area (Å²) in [5, 5.41) is 10.6. The molecule has 0 aromatic heterocycles. The normalized spacial score (nSPS) is 17.9. The van der Waals surface area contributed by atoms with Gasteiger partial charge in [0.15, 0.2) is 0 Å². The van der Waals surface area contributed by atoms with Crippen molar-refractivity contribution in [3.05, 3.63) is 29.2 Å². The van der Waals surface area contributed by atoms with E-state index in [1.807, 2.05) is 0 Å². The number of hydrogen-bond acceptors (Lipinski definition) is 3. The lowest BCUT2D eigenvalue weighted by Crippen LogP contribution is -2.26. The minimum Gasteiger partial charge on any atom is -0.507 e. The maximum Gasteiger partial charge on any atom is 0.257 e. The van der Waals surface area contributed by atoms with Gasteiger partial charge in [0.25, 0.3) is 10.0 Å². The van der Waals surface area contributed by atoms with Gasteiger partial charge in [-0.05, 0) is 18.2 Å². The number of nitrogens with zero attached hydrogens (tertiary/aromatic N) is 1. The van der Waals surface area contributed by atoms with E-state index in [0.29, 0.717) is 11.3 Å². The molecule has 1 heterocycles. The predicted molar refractivity (Wildman–Crippen MR) is 54.5 cm³/mol. The van der Waals surface area contributed by atoms with Crippen molar-refractivity contribution < 1.29 is 13.5 Å². The molecule has 2 rings (SSSR count). The molecule has 0 bridgehead atoms. The van der Waals surface area contributed by atoms with Gasteiger partial charge in [-0.2, -0.15) is 0 Å². The number of phenolic OH excluding ortho intramolecular Hbond substituents is 1. The van der Waals surface area contributed by atoms with Gasteiger partial charge < -0.3 is 5.11 Å². The Balaban J connectivity index is 2.73. The molecule has 5 heteroatoms. The Morgan fingerprint density at radius 1 is 1.36 bits per heavy atom. The van der Waals surface area contributed by atoms with Crippen molar-refractivity contribution in [2.75, 3.05) is 11.4 Å². The predicted octanol–water partition coefficient (Wildman–Crippen LogP) is 1.14. The molecule has 0 amide bonds. The highest BCUT2D eigenvalue weighted by atomic mass is 32.2. The fraction of sp³-hybridized carbons (Fsp3) is 0.111. The zero-order chi connectivity index (χ0) is 10.3. The lowest BCUT2D eigenvalue weighted by Gasteiger charge is -2.23. The van der Waals surface area contributed by atoms with Gasteiger partial charge in [-0.3, -0.25) is 4.31 Å². The van der Waals surface area contributed by atoms with Crippen LogP contribution in [-0.2, 0) is 10.0 Å². The highest BCUT2D eigenvalue weighted by Crippen LogP contribution is 2.34. The van der Waals surface area contributed by atoms with E-state index in [9.17, 15) is 13.5 Å². The first kappa shape index (κ1) is 9.08. The summed E-state index contributed by atoms with van der Waals surface area (Å²) in [7, 11) is -1.89.